The lowest BCUT2D eigenvalue weighted by Gasteiger charge is -2.36. The summed E-state index contributed by atoms with van der Waals surface area (Å²) >= 11 is 0. The van der Waals surface area contributed by atoms with E-state index in [1.165, 1.54) is 0 Å². The first-order valence-corrected chi connectivity index (χ1v) is 6.40. The van der Waals surface area contributed by atoms with Crippen molar-refractivity contribution in [1.82, 2.24) is 15.1 Å². The van der Waals surface area contributed by atoms with Crippen LogP contribution in [0.2, 0.25) is 0 Å². The molecule has 0 radical (unpaired) electrons. The molecular formula is C13H27N3O. The second kappa shape index (κ2) is 5.36. The van der Waals surface area contributed by atoms with Gasteiger partial charge < -0.3 is 9.80 Å². The van der Waals surface area contributed by atoms with Crippen LogP contribution in [0.5, 0.6) is 0 Å². The van der Waals surface area contributed by atoms with Crippen LogP contribution in [0.1, 0.15) is 27.7 Å². The van der Waals surface area contributed by atoms with Gasteiger partial charge in [0.15, 0.2) is 0 Å². The summed E-state index contributed by atoms with van der Waals surface area (Å²) in [6, 6.07) is 0. The number of amides is 1. The fourth-order valence-corrected chi connectivity index (χ4v) is 2.71. The zero-order chi connectivity index (χ0) is 13.2. The lowest BCUT2D eigenvalue weighted by Crippen LogP contribution is -2.47. The van der Waals surface area contributed by atoms with Crippen molar-refractivity contribution in [2.45, 2.75) is 33.9 Å². The molecule has 1 heterocycles. The van der Waals surface area contributed by atoms with Crippen LogP contribution in [0.4, 0.5) is 0 Å². The molecule has 0 aliphatic carbocycles. The first-order chi connectivity index (χ1) is 7.73. The van der Waals surface area contributed by atoms with Gasteiger partial charge >= 0.3 is 0 Å². The highest BCUT2D eigenvalue weighted by Crippen LogP contribution is 2.23. The van der Waals surface area contributed by atoms with E-state index in [4.69, 9.17) is 0 Å². The summed E-state index contributed by atoms with van der Waals surface area (Å²) < 4.78 is 0. The van der Waals surface area contributed by atoms with Crippen molar-refractivity contribution in [2.75, 3.05) is 33.7 Å². The van der Waals surface area contributed by atoms with Crippen molar-refractivity contribution in [1.29, 1.82) is 0 Å². The minimum Gasteiger partial charge on any atom is -0.325 e. The number of hydrogen-bond acceptors (Lipinski definition) is 3. The molecule has 1 atom stereocenters. The lowest BCUT2D eigenvalue weighted by atomic mass is 9.91. The van der Waals surface area contributed by atoms with E-state index < -0.39 is 0 Å². The molecule has 0 aromatic heterocycles. The molecule has 1 N–H and O–H groups in total. The fraction of sp³-hybridized carbons (Fsp3) is 0.923. The number of nitrogens with zero attached hydrogens (tertiary/aromatic N) is 2. The summed E-state index contributed by atoms with van der Waals surface area (Å²) in [4.78, 5) is 16.1. The molecule has 1 rings (SSSR count). The van der Waals surface area contributed by atoms with Crippen LogP contribution in [0, 0.1) is 11.3 Å². The molecule has 0 spiro atoms. The number of rotatable bonds is 5. The molecule has 4 nitrogen and oxygen atoms in total. The first kappa shape index (κ1) is 14.5. The largest absolute Gasteiger partial charge is 0.325 e. The van der Waals surface area contributed by atoms with E-state index in [9.17, 15) is 4.79 Å². The molecule has 0 aromatic rings. The monoisotopic (exact) mass is 241 g/mol. The molecule has 0 bridgehead atoms. The Labute approximate surface area is 105 Å². The Morgan fingerprint density at radius 1 is 1.47 bits per heavy atom. The van der Waals surface area contributed by atoms with Gasteiger partial charge in [-0.15, -0.1) is 0 Å². The van der Waals surface area contributed by atoms with E-state index in [2.05, 4.69) is 52.0 Å². The summed E-state index contributed by atoms with van der Waals surface area (Å²) in [5.74, 6) is 0.687. The van der Waals surface area contributed by atoms with Crippen molar-refractivity contribution >= 4 is 5.91 Å². The van der Waals surface area contributed by atoms with Crippen molar-refractivity contribution < 1.29 is 4.79 Å². The molecule has 1 fully saturated rings. The van der Waals surface area contributed by atoms with Gasteiger partial charge in [-0.2, -0.15) is 0 Å². The molecular weight excluding hydrogens is 214 g/mol. The van der Waals surface area contributed by atoms with E-state index in [1.807, 2.05) is 4.90 Å². The molecule has 0 saturated carbocycles. The Balaban J connectivity index is 2.67. The number of carbonyl (C=O) groups is 1. The van der Waals surface area contributed by atoms with Crippen LogP contribution >= 0.6 is 0 Å². The third kappa shape index (κ3) is 3.96. The van der Waals surface area contributed by atoms with Crippen LogP contribution < -0.4 is 5.32 Å². The molecule has 1 aliphatic heterocycles. The number of carbonyl (C=O) groups excluding carboxylic acids is 1. The molecule has 4 heteroatoms. The van der Waals surface area contributed by atoms with Crippen LogP contribution in [-0.4, -0.2) is 55.6 Å². The molecule has 1 unspecified atom stereocenters. The zero-order valence-corrected chi connectivity index (χ0v) is 12.1. The van der Waals surface area contributed by atoms with E-state index in [-0.39, 0.29) is 17.5 Å². The molecule has 100 valence electrons. The minimum atomic E-state index is 0.123. The highest BCUT2D eigenvalue weighted by Gasteiger charge is 2.36. The second-order valence-corrected chi connectivity index (χ2v) is 6.49. The summed E-state index contributed by atoms with van der Waals surface area (Å²) in [6.07, 6.45) is 0.198. The van der Waals surface area contributed by atoms with Crippen molar-refractivity contribution in [3.05, 3.63) is 0 Å². The number of hydrogen-bond donors (Lipinski definition) is 1. The van der Waals surface area contributed by atoms with Gasteiger partial charge in [-0.05, 0) is 25.4 Å². The van der Waals surface area contributed by atoms with Crippen LogP contribution in [0.15, 0.2) is 0 Å². The van der Waals surface area contributed by atoms with Gasteiger partial charge in [0.05, 0.1) is 12.7 Å². The van der Waals surface area contributed by atoms with Gasteiger partial charge in [0.2, 0.25) is 5.91 Å². The van der Waals surface area contributed by atoms with Crippen molar-refractivity contribution in [3.63, 3.8) is 0 Å². The quantitative estimate of drug-likeness (QED) is 0.779. The van der Waals surface area contributed by atoms with Crippen LogP contribution in [-0.2, 0) is 4.79 Å². The standard InChI is InChI=1S/C13H27N3O/c1-10(2)12-14-7-11(17)16(12)9-13(3,4)8-15(5)6/h10,12,14H,7-9H2,1-6H3. The third-order valence-corrected chi connectivity index (χ3v) is 3.09. The molecule has 1 amide bonds. The van der Waals surface area contributed by atoms with Crippen LogP contribution in [0.25, 0.3) is 0 Å². The van der Waals surface area contributed by atoms with E-state index in [1.54, 1.807) is 0 Å². The topological polar surface area (TPSA) is 35.6 Å². The van der Waals surface area contributed by atoms with Gasteiger partial charge in [0.25, 0.3) is 0 Å². The number of nitrogens with one attached hydrogen (secondary N) is 1. The van der Waals surface area contributed by atoms with Gasteiger partial charge in [-0.1, -0.05) is 27.7 Å². The zero-order valence-electron chi connectivity index (χ0n) is 12.1. The Bertz CT molecular complexity index is 274. The smallest absolute Gasteiger partial charge is 0.237 e. The van der Waals surface area contributed by atoms with Crippen LogP contribution in [0.3, 0.4) is 0 Å². The van der Waals surface area contributed by atoms with Crippen molar-refractivity contribution in [2.24, 2.45) is 11.3 Å². The molecule has 1 saturated heterocycles. The Hall–Kier alpha value is -0.610. The van der Waals surface area contributed by atoms with Gasteiger partial charge in [0, 0.05) is 13.1 Å². The minimum absolute atomic E-state index is 0.123. The maximum atomic E-state index is 11.9. The average molecular weight is 241 g/mol. The predicted octanol–water partition coefficient (Wildman–Crippen LogP) is 0.988. The highest BCUT2D eigenvalue weighted by atomic mass is 16.2. The maximum absolute atomic E-state index is 11.9. The van der Waals surface area contributed by atoms with Gasteiger partial charge in [0.1, 0.15) is 0 Å². The predicted molar refractivity (Wildman–Crippen MR) is 70.7 cm³/mol. The molecule has 1 aliphatic rings. The van der Waals surface area contributed by atoms with E-state index >= 15 is 0 Å². The first-order valence-electron chi connectivity index (χ1n) is 6.40. The van der Waals surface area contributed by atoms with Crippen molar-refractivity contribution in [3.8, 4) is 0 Å². The summed E-state index contributed by atoms with van der Waals surface area (Å²) in [5, 5.41) is 3.29. The average Bonchev–Trinajstić information content (AvgIpc) is 2.44. The Kier molecular flexibility index (Phi) is 4.55. The summed E-state index contributed by atoms with van der Waals surface area (Å²) in [5.41, 5.74) is 0.123. The highest BCUT2D eigenvalue weighted by molar-refractivity contribution is 5.80. The molecule has 17 heavy (non-hydrogen) atoms. The van der Waals surface area contributed by atoms with E-state index in [0.717, 1.165) is 13.1 Å². The Morgan fingerprint density at radius 3 is 2.53 bits per heavy atom. The van der Waals surface area contributed by atoms with Gasteiger partial charge in [-0.25, -0.2) is 0 Å². The summed E-state index contributed by atoms with van der Waals surface area (Å²) in [6.45, 7) is 11.0. The lowest BCUT2D eigenvalue weighted by molar-refractivity contribution is -0.130. The fourth-order valence-electron chi connectivity index (χ4n) is 2.71. The van der Waals surface area contributed by atoms with Gasteiger partial charge in [-0.3, -0.25) is 10.1 Å². The van der Waals surface area contributed by atoms with E-state index in [0.29, 0.717) is 12.5 Å². The summed E-state index contributed by atoms with van der Waals surface area (Å²) in [7, 11) is 4.15. The molecule has 0 aromatic carbocycles. The third-order valence-electron chi connectivity index (χ3n) is 3.09. The Morgan fingerprint density at radius 2 is 2.06 bits per heavy atom. The second-order valence-electron chi connectivity index (χ2n) is 6.49. The normalized spacial score (nSPS) is 22.0. The SMILES string of the molecule is CC(C)C1NCC(=O)N1CC(C)(C)CN(C)C. The maximum Gasteiger partial charge on any atom is 0.237 e.